The van der Waals surface area contributed by atoms with Gasteiger partial charge in [0, 0.05) is 6.07 Å². The molecule has 1 aromatic rings. The first-order chi connectivity index (χ1) is 6.72. The van der Waals surface area contributed by atoms with E-state index in [9.17, 15) is 9.18 Å². The molecule has 1 rings (SSSR count). The molecule has 0 fully saturated rings. The van der Waals surface area contributed by atoms with E-state index in [4.69, 9.17) is 0 Å². The van der Waals surface area contributed by atoms with E-state index in [0.29, 0.717) is 6.61 Å². The zero-order valence-corrected chi connectivity index (χ0v) is 7.66. The van der Waals surface area contributed by atoms with Crippen LogP contribution < -0.4 is 5.32 Å². The number of carbonyl (C=O) groups is 1. The smallest absolute Gasteiger partial charge is 0.325 e. The maximum absolute atomic E-state index is 12.5. The van der Waals surface area contributed by atoms with Gasteiger partial charge in [-0.05, 0) is 6.92 Å². The largest absolute Gasteiger partial charge is 0.465 e. The van der Waals surface area contributed by atoms with Crippen molar-refractivity contribution in [3.05, 3.63) is 18.3 Å². The predicted molar refractivity (Wildman–Crippen MR) is 47.1 cm³/mol. The van der Waals surface area contributed by atoms with Crippen LogP contribution in [0.1, 0.15) is 6.92 Å². The topological polar surface area (TPSA) is 64.1 Å². The summed E-state index contributed by atoms with van der Waals surface area (Å²) in [4.78, 5) is 17.9. The number of esters is 1. The molecule has 0 saturated heterocycles. The highest BCUT2D eigenvalue weighted by atomic mass is 19.1. The second-order valence-corrected chi connectivity index (χ2v) is 2.38. The Bertz CT molecular complexity index is 319. The third-order valence-corrected chi connectivity index (χ3v) is 1.35. The van der Waals surface area contributed by atoms with Crippen LogP contribution in [-0.4, -0.2) is 29.1 Å². The van der Waals surface area contributed by atoms with E-state index in [1.165, 1.54) is 0 Å². The molecule has 0 aliphatic heterocycles. The summed E-state index contributed by atoms with van der Waals surface area (Å²) in [5.41, 5.74) is 0. The Labute approximate surface area is 80.3 Å². The molecule has 76 valence electrons. The Morgan fingerprint density at radius 3 is 3.07 bits per heavy atom. The highest BCUT2D eigenvalue weighted by Crippen LogP contribution is 2.01. The van der Waals surface area contributed by atoms with Crippen LogP contribution in [0.2, 0.25) is 0 Å². The molecule has 1 N–H and O–H groups in total. The molecule has 0 aliphatic carbocycles. The lowest BCUT2D eigenvalue weighted by atomic mass is 10.5. The lowest BCUT2D eigenvalue weighted by molar-refractivity contribution is -0.140. The van der Waals surface area contributed by atoms with Crippen molar-refractivity contribution in [2.24, 2.45) is 0 Å². The van der Waals surface area contributed by atoms with Crippen LogP contribution >= 0.6 is 0 Å². The van der Waals surface area contributed by atoms with E-state index in [0.717, 1.165) is 12.4 Å². The van der Waals surface area contributed by atoms with Crippen molar-refractivity contribution < 1.29 is 13.9 Å². The van der Waals surface area contributed by atoms with Crippen LogP contribution in [-0.2, 0) is 9.53 Å². The van der Waals surface area contributed by atoms with Crippen LogP contribution in [0, 0.1) is 5.95 Å². The Kier molecular flexibility index (Phi) is 3.78. The summed E-state index contributed by atoms with van der Waals surface area (Å²) < 4.78 is 17.2. The van der Waals surface area contributed by atoms with Crippen LogP contribution in [0.4, 0.5) is 10.2 Å². The minimum Gasteiger partial charge on any atom is -0.465 e. The van der Waals surface area contributed by atoms with Crippen molar-refractivity contribution in [2.45, 2.75) is 6.92 Å². The van der Waals surface area contributed by atoms with Crippen LogP contribution in [0.15, 0.2) is 12.4 Å². The average molecular weight is 199 g/mol. The molecular weight excluding hydrogens is 189 g/mol. The number of halogens is 1. The summed E-state index contributed by atoms with van der Waals surface area (Å²) in [6, 6.07) is 1.10. The second kappa shape index (κ2) is 5.11. The Balaban J connectivity index is 2.41. The molecule has 0 amide bonds. The molecule has 5 nitrogen and oxygen atoms in total. The molecule has 0 aliphatic rings. The fraction of sp³-hybridized carbons (Fsp3) is 0.375. The van der Waals surface area contributed by atoms with Gasteiger partial charge < -0.3 is 10.1 Å². The highest BCUT2D eigenvalue weighted by Gasteiger charge is 2.02. The van der Waals surface area contributed by atoms with Gasteiger partial charge in [0.15, 0.2) is 0 Å². The first-order valence-electron chi connectivity index (χ1n) is 4.09. The second-order valence-electron chi connectivity index (χ2n) is 2.38. The van der Waals surface area contributed by atoms with Crippen molar-refractivity contribution in [1.29, 1.82) is 0 Å². The summed E-state index contributed by atoms with van der Waals surface area (Å²) >= 11 is 0. The number of nitrogens with one attached hydrogen (secondary N) is 1. The van der Waals surface area contributed by atoms with Gasteiger partial charge in [0.25, 0.3) is 0 Å². The maximum Gasteiger partial charge on any atom is 0.325 e. The quantitative estimate of drug-likeness (QED) is 0.568. The van der Waals surface area contributed by atoms with Crippen LogP contribution in [0.25, 0.3) is 0 Å². The van der Waals surface area contributed by atoms with Crippen LogP contribution in [0.3, 0.4) is 0 Å². The zero-order valence-electron chi connectivity index (χ0n) is 7.66. The third kappa shape index (κ3) is 3.34. The van der Waals surface area contributed by atoms with Gasteiger partial charge in [0.1, 0.15) is 18.7 Å². The van der Waals surface area contributed by atoms with Crippen LogP contribution in [0.5, 0.6) is 0 Å². The van der Waals surface area contributed by atoms with E-state index in [1.54, 1.807) is 6.92 Å². The van der Waals surface area contributed by atoms with Crippen molar-refractivity contribution >= 4 is 11.8 Å². The van der Waals surface area contributed by atoms with Gasteiger partial charge >= 0.3 is 5.97 Å². The van der Waals surface area contributed by atoms with E-state index < -0.39 is 11.9 Å². The molecule has 0 bridgehead atoms. The van der Waals surface area contributed by atoms with Gasteiger partial charge in [-0.1, -0.05) is 0 Å². The summed E-state index contributed by atoms with van der Waals surface area (Å²) in [6.07, 6.45) is 1.07. The number of hydrogen-bond donors (Lipinski definition) is 1. The van der Waals surface area contributed by atoms with Gasteiger partial charge in [-0.25, -0.2) is 9.97 Å². The van der Waals surface area contributed by atoms with E-state index >= 15 is 0 Å². The molecule has 0 saturated carbocycles. The number of carbonyl (C=O) groups excluding carboxylic acids is 1. The minimum absolute atomic E-state index is 0.0374. The number of rotatable bonds is 4. The molecule has 6 heteroatoms. The summed E-state index contributed by atoms with van der Waals surface area (Å²) in [7, 11) is 0. The van der Waals surface area contributed by atoms with Gasteiger partial charge in [-0.15, -0.1) is 0 Å². The summed E-state index contributed by atoms with van der Waals surface area (Å²) in [6.45, 7) is 1.99. The molecule has 0 unspecified atom stereocenters. The molecule has 14 heavy (non-hydrogen) atoms. The van der Waals surface area contributed by atoms with Crippen molar-refractivity contribution in [2.75, 3.05) is 18.5 Å². The number of hydrogen-bond acceptors (Lipinski definition) is 5. The van der Waals surface area contributed by atoms with Crippen molar-refractivity contribution in [3.63, 3.8) is 0 Å². The Morgan fingerprint density at radius 2 is 2.43 bits per heavy atom. The zero-order chi connectivity index (χ0) is 10.4. The molecule has 1 aromatic heterocycles. The molecule has 1 heterocycles. The highest BCUT2D eigenvalue weighted by molar-refractivity contribution is 5.74. The number of anilines is 1. The SMILES string of the molecule is CCOC(=O)CNc1cc(F)ncn1. The lowest BCUT2D eigenvalue weighted by Gasteiger charge is -2.04. The first-order valence-corrected chi connectivity index (χ1v) is 4.09. The fourth-order valence-corrected chi connectivity index (χ4v) is 0.805. The first kappa shape index (κ1) is 10.4. The number of nitrogens with zero attached hydrogens (tertiary/aromatic N) is 2. The van der Waals surface area contributed by atoms with Gasteiger partial charge in [-0.3, -0.25) is 4.79 Å². The maximum atomic E-state index is 12.5. The monoisotopic (exact) mass is 199 g/mol. The number of aromatic nitrogens is 2. The van der Waals surface area contributed by atoms with E-state index in [1.807, 2.05) is 0 Å². The fourth-order valence-electron chi connectivity index (χ4n) is 0.805. The average Bonchev–Trinajstić information content (AvgIpc) is 2.15. The molecule has 0 atom stereocenters. The summed E-state index contributed by atoms with van der Waals surface area (Å²) in [5.74, 6) is -0.802. The predicted octanol–water partition coefficient (Wildman–Crippen LogP) is 0.591. The number of ether oxygens (including phenoxy) is 1. The molecular formula is C8H10FN3O2. The normalized spacial score (nSPS) is 9.57. The molecule has 0 radical (unpaired) electrons. The third-order valence-electron chi connectivity index (χ3n) is 1.35. The Hall–Kier alpha value is -1.72. The molecule has 0 spiro atoms. The standard InChI is InChI=1S/C8H10FN3O2/c1-2-14-8(13)4-10-7-3-6(9)11-5-12-7/h3,5H,2,4H2,1H3,(H,10,11,12). The van der Waals surface area contributed by atoms with Gasteiger partial charge in [-0.2, -0.15) is 4.39 Å². The van der Waals surface area contributed by atoms with Gasteiger partial charge in [0.2, 0.25) is 5.95 Å². The summed E-state index contributed by atoms with van der Waals surface area (Å²) in [5, 5.41) is 2.60. The minimum atomic E-state index is -0.647. The van der Waals surface area contributed by atoms with E-state index in [2.05, 4.69) is 20.0 Å². The molecule has 0 aromatic carbocycles. The Morgan fingerprint density at radius 1 is 1.64 bits per heavy atom. The van der Waals surface area contributed by atoms with Crippen molar-refractivity contribution in [3.8, 4) is 0 Å². The lowest BCUT2D eigenvalue weighted by Crippen LogP contribution is -2.17. The van der Waals surface area contributed by atoms with Crippen molar-refractivity contribution in [1.82, 2.24) is 9.97 Å². The van der Waals surface area contributed by atoms with Gasteiger partial charge in [0.05, 0.1) is 6.61 Å². The van der Waals surface area contributed by atoms with E-state index in [-0.39, 0.29) is 12.4 Å².